The minimum atomic E-state index is -0.211. The van der Waals surface area contributed by atoms with Crippen molar-refractivity contribution in [2.24, 2.45) is 0 Å². The largest absolute Gasteiger partial charge is 4.00 e. The molecule has 0 aliphatic heterocycles. The number of methoxy groups -OCH3 is 4. The van der Waals surface area contributed by atoms with E-state index in [1.807, 2.05) is 24.3 Å². The SMILES string of the molecule is COc1cccc(OC)c1[O-].COc1cccc(OC)c1[O-].[C-]1=CC=CC1.[C-]1=CC=CC1.[Cl-].[Cl-].[Ti+4]. The van der Waals surface area contributed by atoms with Crippen LogP contribution in [-0.2, 0) is 21.7 Å². The topological polar surface area (TPSA) is 83.0 Å². The molecule has 0 spiro atoms. The monoisotopic (exact) mass is 554 g/mol. The smallest absolute Gasteiger partial charge is 1.00 e. The summed E-state index contributed by atoms with van der Waals surface area (Å²) in [5.41, 5.74) is 0. The van der Waals surface area contributed by atoms with Crippen LogP contribution < -0.4 is 54.0 Å². The summed E-state index contributed by atoms with van der Waals surface area (Å²) < 4.78 is 19.2. The van der Waals surface area contributed by atoms with Crippen LogP contribution >= 0.6 is 0 Å². The molecule has 0 radical (unpaired) electrons. The molecule has 4 rings (SSSR count). The zero-order valence-corrected chi connectivity index (χ0v) is 23.1. The maximum Gasteiger partial charge on any atom is 4.00 e. The molecule has 2 aromatic carbocycles. The second-order valence-corrected chi connectivity index (χ2v) is 5.99. The zero-order valence-electron chi connectivity index (χ0n) is 20.0. The van der Waals surface area contributed by atoms with E-state index in [0.29, 0.717) is 23.0 Å². The summed E-state index contributed by atoms with van der Waals surface area (Å²) in [5.74, 6) is 0.817. The first-order chi connectivity index (χ1) is 15.6. The Kier molecular flexibility index (Phi) is 24.6. The first kappa shape index (κ1) is 37.1. The quantitative estimate of drug-likeness (QED) is 0.327. The summed E-state index contributed by atoms with van der Waals surface area (Å²) in [4.78, 5) is 0. The number of para-hydroxylation sites is 2. The van der Waals surface area contributed by atoms with Crippen molar-refractivity contribution in [2.45, 2.75) is 12.8 Å². The zero-order chi connectivity index (χ0) is 23.6. The third kappa shape index (κ3) is 14.5. The molecule has 0 N–H and O–H groups in total. The fraction of sp³-hybridized carbons (Fsp3) is 0.231. The third-order valence-electron chi connectivity index (χ3n) is 3.94. The van der Waals surface area contributed by atoms with E-state index >= 15 is 0 Å². The van der Waals surface area contributed by atoms with Gasteiger partial charge in [-0.3, -0.25) is 12.2 Å². The van der Waals surface area contributed by atoms with Crippen LogP contribution in [0.5, 0.6) is 34.5 Å². The summed E-state index contributed by atoms with van der Waals surface area (Å²) >= 11 is 0. The average Bonchev–Trinajstić information content (AvgIpc) is 3.59. The van der Waals surface area contributed by atoms with Crippen LogP contribution in [-0.4, -0.2) is 28.4 Å². The molecule has 0 saturated heterocycles. The predicted molar refractivity (Wildman–Crippen MR) is 121 cm³/mol. The van der Waals surface area contributed by atoms with Crippen LogP contribution in [0.15, 0.2) is 72.9 Å². The second kappa shape index (κ2) is 23.2. The van der Waals surface area contributed by atoms with Crippen LogP contribution in [0.3, 0.4) is 0 Å². The van der Waals surface area contributed by atoms with Gasteiger partial charge in [-0.25, -0.2) is 24.3 Å². The first-order valence-corrected chi connectivity index (χ1v) is 9.78. The Morgan fingerprint density at radius 2 is 0.886 bits per heavy atom. The molecule has 35 heavy (non-hydrogen) atoms. The molecule has 0 heterocycles. The molecule has 2 aliphatic carbocycles. The van der Waals surface area contributed by atoms with Crippen molar-refractivity contribution in [3.63, 3.8) is 0 Å². The van der Waals surface area contributed by atoms with Crippen LogP contribution in [0.25, 0.3) is 0 Å². The van der Waals surface area contributed by atoms with E-state index in [1.165, 1.54) is 28.4 Å². The van der Waals surface area contributed by atoms with E-state index in [2.05, 4.69) is 24.3 Å². The van der Waals surface area contributed by atoms with Crippen molar-refractivity contribution < 1.29 is 75.7 Å². The van der Waals surface area contributed by atoms with Crippen molar-refractivity contribution in [1.29, 1.82) is 0 Å². The van der Waals surface area contributed by atoms with Gasteiger partial charge in [-0.2, -0.15) is 12.2 Å². The van der Waals surface area contributed by atoms with Gasteiger partial charge in [0.15, 0.2) is 0 Å². The number of halogens is 2. The maximum atomic E-state index is 11.2. The van der Waals surface area contributed by atoms with Gasteiger partial charge in [-0.05, 0) is 35.8 Å². The van der Waals surface area contributed by atoms with Crippen molar-refractivity contribution in [3.8, 4) is 34.5 Å². The molecular formula is C26H28Cl2O6Ti-2. The molecule has 0 aromatic heterocycles. The summed E-state index contributed by atoms with van der Waals surface area (Å²) in [6.07, 6.45) is 20.0. The van der Waals surface area contributed by atoms with Crippen LogP contribution in [0.1, 0.15) is 12.8 Å². The minimum absolute atomic E-state index is 0. The first-order valence-electron chi connectivity index (χ1n) is 9.78. The Labute approximate surface area is 235 Å². The number of rotatable bonds is 4. The van der Waals surface area contributed by atoms with Gasteiger partial charge in [0.25, 0.3) is 0 Å². The normalized spacial score (nSPS) is 10.9. The molecule has 0 amide bonds. The van der Waals surface area contributed by atoms with E-state index in [0.717, 1.165) is 12.8 Å². The summed E-state index contributed by atoms with van der Waals surface area (Å²) in [6.45, 7) is 0. The fourth-order valence-electron chi connectivity index (χ4n) is 2.31. The number of hydrogen-bond acceptors (Lipinski definition) is 6. The molecule has 0 saturated carbocycles. The van der Waals surface area contributed by atoms with E-state index in [-0.39, 0.29) is 58.0 Å². The molecule has 6 nitrogen and oxygen atoms in total. The molecule has 0 fully saturated rings. The molecule has 2 aliphatic rings. The van der Waals surface area contributed by atoms with Crippen LogP contribution in [0.4, 0.5) is 0 Å². The summed E-state index contributed by atoms with van der Waals surface area (Å²) in [7, 11) is 5.82. The van der Waals surface area contributed by atoms with Crippen LogP contribution in [0.2, 0.25) is 0 Å². The summed E-state index contributed by atoms with van der Waals surface area (Å²) in [6, 6.07) is 9.82. The Balaban J connectivity index is -0.000000400. The van der Waals surface area contributed by atoms with Gasteiger partial charge in [0, 0.05) is 0 Å². The van der Waals surface area contributed by atoms with Gasteiger partial charge in [-0.15, -0.1) is 12.8 Å². The maximum absolute atomic E-state index is 11.2. The van der Waals surface area contributed by atoms with Crippen LogP contribution in [0, 0.1) is 12.2 Å². The standard InChI is InChI=1S/2C8H10O3.2C5H5.2ClH.Ti/c2*1-10-6-4-3-5-7(11-2)8(6)9;2*1-2-4-5-3-1;;;/h2*3-5,9H,1-2H3;2*1-3H,4H2;2*1H;/q;;2*-1;;;+4/p-4. The van der Waals surface area contributed by atoms with E-state index in [4.69, 9.17) is 18.9 Å². The molecule has 0 bridgehead atoms. The Morgan fingerprint density at radius 1 is 0.600 bits per heavy atom. The van der Waals surface area contributed by atoms with Gasteiger partial charge in [0.2, 0.25) is 0 Å². The summed E-state index contributed by atoms with van der Waals surface area (Å²) in [5, 5.41) is 22.4. The van der Waals surface area contributed by atoms with Crippen molar-refractivity contribution in [1.82, 2.24) is 0 Å². The molecule has 188 valence electrons. The van der Waals surface area contributed by atoms with Gasteiger partial charge >= 0.3 is 21.7 Å². The van der Waals surface area contributed by atoms with Crippen molar-refractivity contribution >= 4 is 0 Å². The Hall–Kier alpha value is -2.51. The van der Waals surface area contributed by atoms with Crippen molar-refractivity contribution in [2.75, 3.05) is 28.4 Å². The van der Waals surface area contributed by atoms with E-state index in [1.54, 1.807) is 36.4 Å². The molecular weight excluding hydrogens is 527 g/mol. The number of benzene rings is 2. The van der Waals surface area contributed by atoms with Gasteiger partial charge < -0.3 is 54.0 Å². The van der Waals surface area contributed by atoms with Gasteiger partial charge in [0.1, 0.15) is 23.0 Å². The number of allylic oxidation sites excluding steroid dienone is 8. The molecule has 0 unspecified atom stereocenters. The van der Waals surface area contributed by atoms with E-state index < -0.39 is 0 Å². The number of hydrogen-bond donors (Lipinski definition) is 0. The van der Waals surface area contributed by atoms with Gasteiger partial charge in [0.05, 0.1) is 28.4 Å². The minimum Gasteiger partial charge on any atom is -1.00 e. The average molecular weight is 555 g/mol. The Morgan fingerprint density at radius 3 is 1.03 bits per heavy atom. The predicted octanol–water partition coefficient (Wildman–Crippen LogP) is -1.83. The molecule has 2 aromatic rings. The third-order valence-corrected chi connectivity index (χ3v) is 3.94. The van der Waals surface area contributed by atoms with Gasteiger partial charge in [-0.1, -0.05) is 12.1 Å². The number of ether oxygens (including phenoxy) is 4. The van der Waals surface area contributed by atoms with Crippen molar-refractivity contribution in [3.05, 3.63) is 85.0 Å². The fourth-order valence-corrected chi connectivity index (χ4v) is 2.31. The second-order valence-electron chi connectivity index (χ2n) is 5.99. The Bertz CT molecular complexity index is 790. The molecule has 0 atom stereocenters. The molecule has 9 heteroatoms. The van der Waals surface area contributed by atoms with E-state index in [9.17, 15) is 10.2 Å².